The highest BCUT2D eigenvalue weighted by molar-refractivity contribution is 6.32. The summed E-state index contributed by atoms with van der Waals surface area (Å²) in [5.41, 5.74) is 2.06. The number of halogens is 1. The molecular weight excluding hydrogens is 416 g/mol. The van der Waals surface area contributed by atoms with Crippen molar-refractivity contribution in [3.8, 4) is 22.8 Å². The molecule has 1 heterocycles. The molecule has 0 spiro atoms. The van der Waals surface area contributed by atoms with Gasteiger partial charge in [-0.1, -0.05) is 54.1 Å². The van der Waals surface area contributed by atoms with Gasteiger partial charge in [0.05, 0.1) is 18.9 Å². The molecule has 156 valence electrons. The Labute approximate surface area is 183 Å². The third kappa shape index (κ3) is 4.32. The number of hydrogen-bond acceptors (Lipinski definition) is 5. The molecule has 4 aromatic rings. The normalized spacial score (nSPS) is 10.8. The number of fused-ring (bicyclic) bond motifs is 1. The highest BCUT2D eigenvalue weighted by atomic mass is 35.5. The van der Waals surface area contributed by atoms with Crippen LogP contribution in [0.2, 0.25) is 5.02 Å². The molecule has 6 heteroatoms. The standard InChI is InChI=1S/C25H19ClO5/c1-15-12-21-19(14-20(15)26)23(28)25(24(30-21)17-6-4-3-5-7-17)31-22(27)13-16-8-10-18(29-2)11-9-16/h3-12,14H,13H2,1-2H3. The SMILES string of the molecule is COc1ccc(CC(=O)Oc2c(-c3ccccc3)oc3cc(C)c(Cl)cc3c2=O)cc1. The first-order valence-electron chi connectivity index (χ1n) is 9.62. The van der Waals surface area contributed by atoms with Crippen molar-refractivity contribution in [1.29, 1.82) is 0 Å². The van der Waals surface area contributed by atoms with Crippen LogP contribution in [0.3, 0.4) is 0 Å². The van der Waals surface area contributed by atoms with Gasteiger partial charge in [-0.25, -0.2) is 0 Å². The Kier molecular flexibility index (Phi) is 5.78. The Hall–Kier alpha value is -3.57. The van der Waals surface area contributed by atoms with Crippen molar-refractivity contribution < 1.29 is 18.7 Å². The zero-order valence-electron chi connectivity index (χ0n) is 17.0. The Morgan fingerprint density at radius 3 is 2.42 bits per heavy atom. The third-order valence-corrected chi connectivity index (χ3v) is 5.30. The van der Waals surface area contributed by atoms with Gasteiger partial charge in [-0.2, -0.15) is 0 Å². The van der Waals surface area contributed by atoms with Crippen molar-refractivity contribution in [2.45, 2.75) is 13.3 Å². The fourth-order valence-corrected chi connectivity index (χ4v) is 3.39. The van der Waals surface area contributed by atoms with Crippen LogP contribution in [0.1, 0.15) is 11.1 Å². The average molecular weight is 435 g/mol. The average Bonchev–Trinajstić information content (AvgIpc) is 2.78. The lowest BCUT2D eigenvalue weighted by atomic mass is 10.1. The Morgan fingerprint density at radius 2 is 1.74 bits per heavy atom. The van der Waals surface area contributed by atoms with Crippen LogP contribution in [0.25, 0.3) is 22.3 Å². The maximum atomic E-state index is 13.2. The summed E-state index contributed by atoms with van der Waals surface area (Å²) in [5, 5.41) is 0.685. The molecule has 0 aliphatic rings. The molecule has 0 amide bonds. The molecule has 0 atom stereocenters. The molecule has 0 saturated carbocycles. The lowest BCUT2D eigenvalue weighted by Crippen LogP contribution is -2.18. The second kappa shape index (κ2) is 8.66. The van der Waals surface area contributed by atoms with Crippen LogP contribution in [0.4, 0.5) is 0 Å². The van der Waals surface area contributed by atoms with Gasteiger partial charge in [-0.15, -0.1) is 0 Å². The maximum absolute atomic E-state index is 13.2. The van der Waals surface area contributed by atoms with Crippen molar-refractivity contribution in [2.24, 2.45) is 0 Å². The highest BCUT2D eigenvalue weighted by Gasteiger charge is 2.21. The van der Waals surface area contributed by atoms with Crippen molar-refractivity contribution in [3.05, 3.63) is 93.1 Å². The fraction of sp³-hybridized carbons (Fsp3) is 0.120. The molecule has 0 aliphatic carbocycles. The van der Waals surface area contributed by atoms with Gasteiger partial charge in [0, 0.05) is 10.6 Å². The molecule has 3 aromatic carbocycles. The summed E-state index contributed by atoms with van der Waals surface area (Å²) < 4.78 is 16.7. The minimum Gasteiger partial charge on any atom is -0.497 e. The van der Waals surface area contributed by atoms with Gasteiger partial charge in [0.25, 0.3) is 0 Å². The summed E-state index contributed by atoms with van der Waals surface area (Å²) in [6.45, 7) is 1.83. The van der Waals surface area contributed by atoms with E-state index in [-0.39, 0.29) is 23.3 Å². The van der Waals surface area contributed by atoms with Crippen LogP contribution in [-0.4, -0.2) is 13.1 Å². The van der Waals surface area contributed by atoms with Gasteiger partial charge >= 0.3 is 5.97 Å². The maximum Gasteiger partial charge on any atom is 0.315 e. The number of benzene rings is 3. The minimum atomic E-state index is -0.577. The number of methoxy groups -OCH3 is 1. The van der Waals surface area contributed by atoms with Crippen LogP contribution in [-0.2, 0) is 11.2 Å². The fourth-order valence-electron chi connectivity index (χ4n) is 3.23. The number of hydrogen-bond donors (Lipinski definition) is 0. The van der Waals surface area contributed by atoms with E-state index in [9.17, 15) is 9.59 Å². The molecule has 0 N–H and O–H groups in total. The van der Waals surface area contributed by atoms with E-state index in [0.29, 0.717) is 21.9 Å². The first kappa shape index (κ1) is 20.7. The van der Waals surface area contributed by atoms with Crippen LogP contribution in [0.15, 0.2) is 75.9 Å². The predicted octanol–water partition coefficient (Wildman–Crippen LogP) is 5.58. The number of carbonyl (C=O) groups is 1. The summed E-state index contributed by atoms with van der Waals surface area (Å²) in [6.07, 6.45) is -0.00957. The summed E-state index contributed by atoms with van der Waals surface area (Å²) in [5.74, 6) is 0.151. The summed E-state index contributed by atoms with van der Waals surface area (Å²) >= 11 is 6.21. The zero-order chi connectivity index (χ0) is 22.0. The predicted molar refractivity (Wildman–Crippen MR) is 120 cm³/mol. The molecule has 31 heavy (non-hydrogen) atoms. The molecule has 0 saturated heterocycles. The van der Waals surface area contributed by atoms with Crippen LogP contribution < -0.4 is 14.9 Å². The molecular formula is C25H19ClO5. The number of carbonyl (C=O) groups excluding carboxylic acids is 1. The number of ether oxygens (including phenoxy) is 2. The van der Waals surface area contributed by atoms with E-state index < -0.39 is 11.4 Å². The van der Waals surface area contributed by atoms with E-state index in [1.54, 1.807) is 49.6 Å². The van der Waals surface area contributed by atoms with E-state index in [0.717, 1.165) is 11.1 Å². The minimum absolute atomic E-state index is 0.00957. The van der Waals surface area contributed by atoms with E-state index >= 15 is 0 Å². The summed E-state index contributed by atoms with van der Waals surface area (Å²) in [6, 6.07) is 19.3. The van der Waals surface area contributed by atoms with Gasteiger partial charge in [-0.3, -0.25) is 9.59 Å². The summed E-state index contributed by atoms with van der Waals surface area (Å²) in [7, 11) is 1.57. The first-order chi connectivity index (χ1) is 15.0. The van der Waals surface area contributed by atoms with Crippen LogP contribution in [0, 0.1) is 6.92 Å². The number of rotatable bonds is 5. The van der Waals surface area contributed by atoms with E-state index in [4.69, 9.17) is 25.5 Å². The lowest BCUT2D eigenvalue weighted by Gasteiger charge is -2.11. The van der Waals surface area contributed by atoms with Crippen molar-refractivity contribution in [2.75, 3.05) is 7.11 Å². The number of esters is 1. The molecule has 0 radical (unpaired) electrons. The molecule has 0 bridgehead atoms. The molecule has 0 fully saturated rings. The quantitative estimate of drug-likeness (QED) is 0.384. The second-order valence-corrected chi connectivity index (χ2v) is 7.46. The summed E-state index contributed by atoms with van der Waals surface area (Å²) in [4.78, 5) is 25.9. The van der Waals surface area contributed by atoms with Crippen LogP contribution >= 0.6 is 11.6 Å². The largest absolute Gasteiger partial charge is 0.497 e. The van der Waals surface area contributed by atoms with E-state index in [1.807, 2.05) is 25.1 Å². The topological polar surface area (TPSA) is 65.7 Å². The van der Waals surface area contributed by atoms with Crippen LogP contribution in [0.5, 0.6) is 11.5 Å². The highest BCUT2D eigenvalue weighted by Crippen LogP contribution is 2.32. The molecule has 1 aromatic heterocycles. The van der Waals surface area contributed by atoms with E-state index in [1.165, 1.54) is 6.07 Å². The van der Waals surface area contributed by atoms with Gasteiger partial charge < -0.3 is 13.9 Å². The lowest BCUT2D eigenvalue weighted by molar-refractivity contribution is -0.133. The Bertz CT molecular complexity index is 1310. The van der Waals surface area contributed by atoms with Gasteiger partial charge in [-0.05, 0) is 42.3 Å². The molecule has 0 aliphatic heterocycles. The molecule has 4 rings (SSSR count). The van der Waals surface area contributed by atoms with Gasteiger partial charge in [0.15, 0.2) is 5.76 Å². The molecule has 5 nitrogen and oxygen atoms in total. The Balaban J connectivity index is 1.77. The van der Waals surface area contributed by atoms with Gasteiger partial charge in [0.2, 0.25) is 11.2 Å². The second-order valence-electron chi connectivity index (χ2n) is 7.05. The zero-order valence-corrected chi connectivity index (χ0v) is 17.7. The van der Waals surface area contributed by atoms with Crippen molar-refractivity contribution in [1.82, 2.24) is 0 Å². The first-order valence-corrected chi connectivity index (χ1v) is 10.00. The molecule has 0 unspecified atom stereocenters. The van der Waals surface area contributed by atoms with E-state index in [2.05, 4.69) is 0 Å². The van der Waals surface area contributed by atoms with Crippen molar-refractivity contribution >= 4 is 28.5 Å². The third-order valence-electron chi connectivity index (χ3n) is 4.89. The smallest absolute Gasteiger partial charge is 0.315 e. The van der Waals surface area contributed by atoms with Gasteiger partial charge in [0.1, 0.15) is 11.3 Å². The van der Waals surface area contributed by atoms with Crippen molar-refractivity contribution in [3.63, 3.8) is 0 Å². The monoisotopic (exact) mass is 434 g/mol. The Morgan fingerprint density at radius 1 is 1.03 bits per heavy atom. The number of aryl methyl sites for hydroxylation is 1.